The number of rotatable bonds is 4. The average molecular weight is 258 g/mol. The van der Waals surface area contributed by atoms with E-state index < -0.39 is 0 Å². The Morgan fingerprint density at radius 3 is 2.94 bits per heavy atom. The van der Waals surface area contributed by atoms with Crippen LogP contribution < -0.4 is 0 Å². The monoisotopic (exact) mass is 258 g/mol. The van der Waals surface area contributed by atoms with Crippen molar-refractivity contribution in [3.05, 3.63) is 0 Å². The molecule has 1 rings (SSSR count). The summed E-state index contributed by atoms with van der Waals surface area (Å²) in [6.45, 7) is 5.44. The highest BCUT2D eigenvalue weighted by Crippen LogP contribution is 2.20. The van der Waals surface area contributed by atoms with Crippen LogP contribution in [0.4, 0.5) is 0 Å². The van der Waals surface area contributed by atoms with Gasteiger partial charge in [0.2, 0.25) is 5.91 Å². The Balaban J connectivity index is 2.60. The van der Waals surface area contributed by atoms with Gasteiger partial charge in [0.05, 0.1) is 5.71 Å². The zero-order chi connectivity index (χ0) is 12.8. The molecule has 0 aromatic rings. The first-order valence-electron chi connectivity index (χ1n) is 6.12. The van der Waals surface area contributed by atoms with E-state index in [4.69, 9.17) is 5.21 Å². The van der Waals surface area contributed by atoms with Gasteiger partial charge in [0, 0.05) is 37.1 Å². The van der Waals surface area contributed by atoms with Crippen LogP contribution >= 0.6 is 11.8 Å². The molecule has 0 aliphatic carbocycles. The molecule has 1 aliphatic rings. The largest absolute Gasteiger partial charge is 0.411 e. The predicted molar refractivity (Wildman–Crippen MR) is 71.7 cm³/mol. The molecule has 0 radical (unpaired) electrons. The third-order valence-corrected chi connectivity index (χ3v) is 4.15. The van der Waals surface area contributed by atoms with Crippen LogP contribution in [0.3, 0.4) is 0 Å². The summed E-state index contributed by atoms with van der Waals surface area (Å²) in [5.74, 6) is 1.40. The van der Waals surface area contributed by atoms with Crippen molar-refractivity contribution >= 4 is 23.4 Å². The maximum Gasteiger partial charge on any atom is 0.226 e. The summed E-state index contributed by atoms with van der Waals surface area (Å²) in [5.41, 5.74) is 0.842. The minimum atomic E-state index is 0.0788. The molecule has 4 nitrogen and oxygen atoms in total. The van der Waals surface area contributed by atoms with Crippen LogP contribution in [-0.4, -0.2) is 46.8 Å². The number of likely N-dealkylation sites (tertiary alicyclic amines) is 1. The standard InChI is InChI=1S/C12H22N2O2S/c1-4-10-7-14(6-5-11(10)13-16)12(15)9(2)8-17-3/h9-10,16H,4-8H2,1-3H3. The van der Waals surface area contributed by atoms with E-state index in [9.17, 15) is 4.79 Å². The lowest BCUT2D eigenvalue weighted by Gasteiger charge is -2.34. The Morgan fingerprint density at radius 2 is 2.41 bits per heavy atom. The number of carbonyl (C=O) groups is 1. The van der Waals surface area contributed by atoms with E-state index in [1.54, 1.807) is 11.8 Å². The van der Waals surface area contributed by atoms with Gasteiger partial charge >= 0.3 is 0 Å². The summed E-state index contributed by atoms with van der Waals surface area (Å²) in [6, 6.07) is 0. The molecular weight excluding hydrogens is 236 g/mol. The number of nitrogens with zero attached hydrogens (tertiary/aromatic N) is 2. The quantitative estimate of drug-likeness (QED) is 0.620. The molecule has 0 bridgehead atoms. The summed E-state index contributed by atoms with van der Waals surface area (Å²) >= 11 is 1.70. The Kier molecular flexibility index (Phi) is 5.82. The van der Waals surface area contributed by atoms with Gasteiger partial charge in [-0.15, -0.1) is 0 Å². The van der Waals surface area contributed by atoms with Crippen LogP contribution in [0.25, 0.3) is 0 Å². The molecule has 1 N–H and O–H groups in total. The molecule has 0 saturated carbocycles. The molecule has 0 aromatic heterocycles. The minimum Gasteiger partial charge on any atom is -0.411 e. The predicted octanol–water partition coefficient (Wildman–Crippen LogP) is 2.07. The molecule has 1 heterocycles. The topological polar surface area (TPSA) is 52.9 Å². The van der Waals surface area contributed by atoms with Crippen LogP contribution in [0, 0.1) is 11.8 Å². The average Bonchev–Trinajstić information content (AvgIpc) is 2.37. The lowest BCUT2D eigenvalue weighted by atomic mass is 9.92. The van der Waals surface area contributed by atoms with E-state index in [0.717, 1.165) is 17.9 Å². The molecule has 1 aliphatic heterocycles. The van der Waals surface area contributed by atoms with Crippen molar-refractivity contribution in [2.75, 3.05) is 25.1 Å². The molecule has 98 valence electrons. The molecule has 5 heteroatoms. The lowest BCUT2D eigenvalue weighted by Crippen LogP contribution is -2.46. The molecule has 2 atom stereocenters. The van der Waals surface area contributed by atoms with Gasteiger partial charge in [0.25, 0.3) is 0 Å². The first kappa shape index (κ1) is 14.4. The number of hydrogen-bond acceptors (Lipinski definition) is 4. The Morgan fingerprint density at radius 1 is 1.71 bits per heavy atom. The zero-order valence-electron chi connectivity index (χ0n) is 10.8. The number of piperidine rings is 1. The van der Waals surface area contributed by atoms with Crippen molar-refractivity contribution in [2.45, 2.75) is 26.7 Å². The molecule has 1 saturated heterocycles. The Labute approximate surface area is 107 Å². The summed E-state index contributed by atoms with van der Waals surface area (Å²) in [5, 5.41) is 12.2. The highest BCUT2D eigenvalue weighted by Gasteiger charge is 2.29. The maximum atomic E-state index is 12.2. The van der Waals surface area contributed by atoms with Crippen molar-refractivity contribution < 1.29 is 10.0 Å². The summed E-state index contributed by atoms with van der Waals surface area (Å²) < 4.78 is 0. The highest BCUT2D eigenvalue weighted by molar-refractivity contribution is 7.98. The van der Waals surface area contributed by atoms with E-state index in [1.807, 2.05) is 18.1 Å². The van der Waals surface area contributed by atoms with Crippen LogP contribution in [0.2, 0.25) is 0 Å². The Bertz CT molecular complexity index is 294. The second kappa shape index (κ2) is 6.89. The van der Waals surface area contributed by atoms with Gasteiger partial charge in [-0.3, -0.25) is 4.79 Å². The SMILES string of the molecule is CCC1CN(C(=O)C(C)CSC)CCC1=NO. The summed E-state index contributed by atoms with van der Waals surface area (Å²) in [4.78, 5) is 14.1. The van der Waals surface area contributed by atoms with E-state index in [0.29, 0.717) is 19.5 Å². The van der Waals surface area contributed by atoms with Crippen molar-refractivity contribution in [1.82, 2.24) is 4.90 Å². The van der Waals surface area contributed by atoms with Crippen LogP contribution in [0.15, 0.2) is 5.16 Å². The van der Waals surface area contributed by atoms with Gasteiger partial charge in [-0.1, -0.05) is 19.0 Å². The zero-order valence-corrected chi connectivity index (χ0v) is 11.7. The fourth-order valence-electron chi connectivity index (χ4n) is 2.25. The van der Waals surface area contributed by atoms with E-state index in [-0.39, 0.29) is 17.7 Å². The number of carbonyl (C=O) groups excluding carboxylic acids is 1. The second-order valence-electron chi connectivity index (χ2n) is 4.59. The van der Waals surface area contributed by atoms with E-state index in [2.05, 4.69) is 12.1 Å². The van der Waals surface area contributed by atoms with E-state index in [1.165, 1.54) is 0 Å². The van der Waals surface area contributed by atoms with Crippen molar-refractivity contribution in [2.24, 2.45) is 17.0 Å². The van der Waals surface area contributed by atoms with Gasteiger partial charge in [0.1, 0.15) is 0 Å². The smallest absolute Gasteiger partial charge is 0.226 e. The number of hydrogen-bond donors (Lipinski definition) is 1. The number of oxime groups is 1. The normalized spacial score (nSPS) is 25.0. The fraction of sp³-hybridized carbons (Fsp3) is 0.833. The molecule has 1 amide bonds. The molecule has 2 unspecified atom stereocenters. The third kappa shape index (κ3) is 3.63. The van der Waals surface area contributed by atoms with Crippen molar-refractivity contribution in [3.63, 3.8) is 0 Å². The molecule has 17 heavy (non-hydrogen) atoms. The first-order valence-corrected chi connectivity index (χ1v) is 7.51. The van der Waals surface area contributed by atoms with Crippen LogP contribution in [0.5, 0.6) is 0 Å². The van der Waals surface area contributed by atoms with Gasteiger partial charge in [0.15, 0.2) is 0 Å². The van der Waals surface area contributed by atoms with Gasteiger partial charge < -0.3 is 10.1 Å². The van der Waals surface area contributed by atoms with Crippen molar-refractivity contribution in [3.8, 4) is 0 Å². The maximum absolute atomic E-state index is 12.2. The van der Waals surface area contributed by atoms with E-state index >= 15 is 0 Å². The molecule has 1 fully saturated rings. The molecule has 0 aromatic carbocycles. The van der Waals surface area contributed by atoms with Crippen LogP contribution in [-0.2, 0) is 4.79 Å². The summed E-state index contributed by atoms with van der Waals surface area (Å²) in [7, 11) is 0. The molecular formula is C12H22N2O2S. The van der Waals surface area contributed by atoms with Gasteiger partial charge in [-0.25, -0.2) is 0 Å². The summed E-state index contributed by atoms with van der Waals surface area (Å²) in [6.07, 6.45) is 3.64. The van der Waals surface area contributed by atoms with Gasteiger partial charge in [-0.2, -0.15) is 11.8 Å². The van der Waals surface area contributed by atoms with Crippen molar-refractivity contribution in [1.29, 1.82) is 0 Å². The fourth-order valence-corrected chi connectivity index (χ4v) is 2.89. The highest BCUT2D eigenvalue weighted by atomic mass is 32.2. The first-order chi connectivity index (χ1) is 8.13. The Hall–Kier alpha value is -0.710. The second-order valence-corrected chi connectivity index (χ2v) is 5.50. The third-order valence-electron chi connectivity index (χ3n) is 3.32. The number of amides is 1. The molecule has 0 spiro atoms. The van der Waals surface area contributed by atoms with Crippen LogP contribution in [0.1, 0.15) is 26.7 Å². The number of thioether (sulfide) groups is 1. The van der Waals surface area contributed by atoms with Gasteiger partial charge in [-0.05, 0) is 12.7 Å². The lowest BCUT2D eigenvalue weighted by molar-refractivity contribution is -0.135. The minimum absolute atomic E-state index is 0.0788.